The summed E-state index contributed by atoms with van der Waals surface area (Å²) in [6.45, 7) is 0.279. The van der Waals surface area contributed by atoms with E-state index < -0.39 is 6.67 Å². The fraction of sp³-hybridized carbons (Fsp3) is 0.526. The van der Waals surface area contributed by atoms with Crippen molar-refractivity contribution in [1.29, 1.82) is 0 Å². The lowest BCUT2D eigenvalue weighted by Gasteiger charge is -2.43. The first-order valence-corrected chi connectivity index (χ1v) is 9.53. The molecule has 0 unspecified atom stereocenters. The highest BCUT2D eigenvalue weighted by atomic mass is 127. The number of benzene rings is 1. The van der Waals surface area contributed by atoms with E-state index in [0.29, 0.717) is 12.6 Å². The van der Waals surface area contributed by atoms with Gasteiger partial charge in [-0.1, -0.05) is 24.3 Å². The molecule has 1 aromatic carbocycles. The summed E-state index contributed by atoms with van der Waals surface area (Å²) in [5.41, 5.74) is 1.22. The number of methoxy groups -OCH3 is 1. The summed E-state index contributed by atoms with van der Waals surface area (Å²) in [6, 6.07) is 9.13. The Morgan fingerprint density at radius 1 is 1.33 bits per heavy atom. The average molecular weight is 443 g/mol. The van der Waals surface area contributed by atoms with Gasteiger partial charge in [-0.15, -0.1) is 0 Å². The third kappa shape index (κ3) is 3.52. The third-order valence-corrected chi connectivity index (χ3v) is 6.13. The molecule has 0 spiro atoms. The van der Waals surface area contributed by atoms with Gasteiger partial charge in [0.15, 0.2) is 0 Å². The van der Waals surface area contributed by atoms with Crippen molar-refractivity contribution in [2.45, 2.75) is 37.3 Å². The maximum absolute atomic E-state index is 12.6. The monoisotopic (exact) mass is 443 g/mol. The number of hydrogen-bond acceptors (Lipinski definition) is 3. The minimum atomic E-state index is -0.436. The van der Waals surface area contributed by atoms with E-state index in [1.54, 1.807) is 6.08 Å². The van der Waals surface area contributed by atoms with E-state index in [9.17, 15) is 9.18 Å². The first kappa shape index (κ1) is 17.9. The predicted octanol–water partition coefficient (Wildman–Crippen LogP) is 3.93. The van der Waals surface area contributed by atoms with Crippen LogP contribution in [0.15, 0.2) is 36.4 Å². The van der Waals surface area contributed by atoms with Crippen LogP contribution in [0.2, 0.25) is 0 Å². The molecule has 24 heavy (non-hydrogen) atoms. The van der Waals surface area contributed by atoms with Gasteiger partial charge in [0.25, 0.3) is 0 Å². The standard InChI is InChI=1S/C19H23FINO2/c1-24-19(23)18-16(13-4-6-14(21)7-5-13)12-15-8-9-17(18)22(15)11-3-2-10-20/h2-7,15-18H,8-12H2,1H3/b3-2+/t15-,16+,17+,18-/m0/s1. The van der Waals surface area contributed by atoms with Gasteiger partial charge in [0.05, 0.1) is 13.0 Å². The van der Waals surface area contributed by atoms with Crippen LogP contribution in [-0.4, -0.2) is 43.3 Å². The number of carbonyl (C=O) groups excluding carboxylic acids is 1. The van der Waals surface area contributed by atoms with Gasteiger partial charge in [0.2, 0.25) is 0 Å². The van der Waals surface area contributed by atoms with Gasteiger partial charge in [-0.2, -0.15) is 0 Å². The molecule has 1 aromatic rings. The largest absolute Gasteiger partial charge is 0.469 e. The van der Waals surface area contributed by atoms with Crippen LogP contribution in [0, 0.1) is 9.49 Å². The van der Waals surface area contributed by atoms with E-state index in [1.165, 1.54) is 16.2 Å². The van der Waals surface area contributed by atoms with Crippen LogP contribution in [0.4, 0.5) is 4.39 Å². The Morgan fingerprint density at radius 2 is 2.08 bits per heavy atom. The van der Waals surface area contributed by atoms with Gasteiger partial charge >= 0.3 is 5.97 Å². The van der Waals surface area contributed by atoms with Crippen molar-refractivity contribution in [2.75, 3.05) is 20.3 Å². The number of ether oxygens (including phenoxy) is 1. The molecule has 3 nitrogen and oxygen atoms in total. The van der Waals surface area contributed by atoms with Crippen molar-refractivity contribution < 1.29 is 13.9 Å². The molecule has 2 heterocycles. The molecule has 130 valence electrons. The van der Waals surface area contributed by atoms with E-state index in [4.69, 9.17) is 4.74 Å². The number of fused-ring (bicyclic) bond motifs is 2. The highest BCUT2D eigenvalue weighted by Gasteiger charge is 2.50. The molecule has 0 N–H and O–H groups in total. The lowest BCUT2D eigenvalue weighted by atomic mass is 9.76. The van der Waals surface area contributed by atoms with E-state index in [-0.39, 0.29) is 23.8 Å². The second-order valence-corrected chi connectivity index (χ2v) is 7.81. The minimum absolute atomic E-state index is 0.122. The molecule has 5 heteroatoms. The van der Waals surface area contributed by atoms with Crippen LogP contribution in [0.5, 0.6) is 0 Å². The van der Waals surface area contributed by atoms with Crippen LogP contribution in [0.1, 0.15) is 30.7 Å². The summed E-state index contributed by atoms with van der Waals surface area (Å²) in [5, 5.41) is 0. The molecule has 4 atom stereocenters. The van der Waals surface area contributed by atoms with Gasteiger partial charge in [-0.3, -0.25) is 9.69 Å². The highest BCUT2D eigenvalue weighted by Crippen LogP contribution is 2.47. The highest BCUT2D eigenvalue weighted by molar-refractivity contribution is 14.1. The van der Waals surface area contributed by atoms with Gasteiger partial charge in [-0.25, -0.2) is 4.39 Å². The Labute approximate surface area is 156 Å². The molecule has 2 fully saturated rings. The topological polar surface area (TPSA) is 29.5 Å². The van der Waals surface area contributed by atoms with Crippen molar-refractivity contribution in [1.82, 2.24) is 4.90 Å². The molecule has 2 aliphatic rings. The normalized spacial score (nSPS) is 30.0. The lowest BCUT2D eigenvalue weighted by Crippen LogP contribution is -2.50. The zero-order chi connectivity index (χ0) is 17.1. The Balaban J connectivity index is 1.87. The number of esters is 1. The summed E-state index contributed by atoms with van der Waals surface area (Å²) < 4.78 is 18.7. The van der Waals surface area contributed by atoms with E-state index in [0.717, 1.165) is 19.3 Å². The van der Waals surface area contributed by atoms with Crippen LogP contribution < -0.4 is 0 Å². The fourth-order valence-corrected chi connectivity index (χ4v) is 4.73. The van der Waals surface area contributed by atoms with Crippen molar-refractivity contribution in [3.05, 3.63) is 45.6 Å². The Hall–Kier alpha value is -0.950. The van der Waals surface area contributed by atoms with E-state index in [1.807, 2.05) is 6.08 Å². The van der Waals surface area contributed by atoms with Gasteiger partial charge in [-0.05, 0) is 59.5 Å². The second kappa shape index (κ2) is 7.95. The van der Waals surface area contributed by atoms with Gasteiger partial charge < -0.3 is 4.74 Å². The van der Waals surface area contributed by atoms with Crippen molar-refractivity contribution >= 4 is 28.6 Å². The summed E-state index contributed by atoms with van der Waals surface area (Å²) >= 11 is 2.30. The minimum Gasteiger partial charge on any atom is -0.469 e. The fourth-order valence-electron chi connectivity index (χ4n) is 4.37. The predicted molar refractivity (Wildman–Crippen MR) is 101 cm³/mol. The lowest BCUT2D eigenvalue weighted by molar-refractivity contribution is -0.150. The summed E-state index contributed by atoms with van der Waals surface area (Å²) in [5.74, 6) is -0.0655. The molecular weight excluding hydrogens is 420 g/mol. The smallest absolute Gasteiger partial charge is 0.310 e. The second-order valence-electron chi connectivity index (χ2n) is 6.56. The molecule has 0 radical (unpaired) electrons. The number of halogens is 2. The SMILES string of the molecule is COC(=O)[C@H]1[C@@H](c2ccc(I)cc2)C[C@@H]2CC[C@H]1N2C/C=C/CF. The van der Waals surface area contributed by atoms with Crippen LogP contribution in [0.3, 0.4) is 0 Å². The van der Waals surface area contributed by atoms with Crippen molar-refractivity contribution in [2.24, 2.45) is 5.92 Å². The summed E-state index contributed by atoms with van der Waals surface area (Å²) in [4.78, 5) is 14.9. The van der Waals surface area contributed by atoms with Crippen LogP contribution >= 0.6 is 22.6 Å². The molecular formula is C19H23FINO2. The molecule has 0 amide bonds. The summed E-state index contributed by atoms with van der Waals surface area (Å²) in [7, 11) is 1.47. The Morgan fingerprint density at radius 3 is 2.75 bits per heavy atom. The first-order valence-electron chi connectivity index (χ1n) is 8.45. The number of piperidine rings is 1. The third-order valence-electron chi connectivity index (χ3n) is 5.41. The summed E-state index contributed by atoms with van der Waals surface area (Å²) in [6.07, 6.45) is 6.50. The number of carbonyl (C=O) groups is 1. The maximum Gasteiger partial charge on any atom is 0.310 e. The molecule has 0 aromatic heterocycles. The zero-order valence-electron chi connectivity index (χ0n) is 13.8. The van der Waals surface area contributed by atoms with Crippen LogP contribution in [-0.2, 0) is 9.53 Å². The zero-order valence-corrected chi connectivity index (χ0v) is 16.0. The molecule has 2 saturated heterocycles. The maximum atomic E-state index is 12.6. The van der Waals surface area contributed by atoms with E-state index >= 15 is 0 Å². The van der Waals surface area contributed by atoms with Crippen molar-refractivity contribution in [3.63, 3.8) is 0 Å². The van der Waals surface area contributed by atoms with Crippen molar-refractivity contribution in [3.8, 4) is 0 Å². The first-order chi connectivity index (χ1) is 11.7. The number of nitrogens with zero attached hydrogens (tertiary/aromatic N) is 1. The average Bonchev–Trinajstić information content (AvgIpc) is 2.87. The molecule has 0 aliphatic carbocycles. The molecule has 2 bridgehead atoms. The molecule has 3 rings (SSSR count). The van der Waals surface area contributed by atoms with Crippen LogP contribution in [0.25, 0.3) is 0 Å². The number of allylic oxidation sites excluding steroid dienone is 1. The van der Waals surface area contributed by atoms with Gasteiger partial charge in [0.1, 0.15) is 6.67 Å². The molecule has 0 saturated carbocycles. The van der Waals surface area contributed by atoms with E-state index in [2.05, 4.69) is 51.8 Å². The number of rotatable bonds is 5. The Bertz CT molecular complexity index is 604. The van der Waals surface area contributed by atoms with Gasteiger partial charge in [0, 0.05) is 28.1 Å². The number of alkyl halides is 1. The molecule has 2 aliphatic heterocycles. The quantitative estimate of drug-likeness (QED) is 0.393. The Kier molecular flexibility index (Phi) is 5.92. The number of hydrogen-bond donors (Lipinski definition) is 0.